The van der Waals surface area contributed by atoms with Crippen molar-refractivity contribution in [2.24, 2.45) is 0 Å². The van der Waals surface area contributed by atoms with Crippen LogP contribution in [0.4, 0.5) is 0 Å². The van der Waals surface area contributed by atoms with Gasteiger partial charge in [-0.2, -0.15) is 0 Å². The van der Waals surface area contributed by atoms with E-state index in [9.17, 15) is 4.79 Å². The number of rotatable bonds is 5. The fourth-order valence-corrected chi connectivity index (χ4v) is 1.43. The van der Waals surface area contributed by atoms with Crippen LogP contribution in [-0.2, 0) is 9.53 Å². The molecule has 0 spiro atoms. The van der Waals surface area contributed by atoms with Gasteiger partial charge in [-0.3, -0.25) is 0 Å². The number of carbonyl (C=O) groups is 1. The molecule has 0 radical (unpaired) electrons. The van der Waals surface area contributed by atoms with Crippen molar-refractivity contribution < 1.29 is 9.53 Å². The summed E-state index contributed by atoms with van der Waals surface area (Å²) in [6.07, 6.45) is 11.9. The standard InChI is InChI=1S/C13H18O2/c1-3-5-6-7-8-9-12-10-11(4-2)13(14)15-12/h3,5,9-10H,4,6-8H2,1-2H3. The molecule has 0 aliphatic carbocycles. The molecule has 2 nitrogen and oxygen atoms in total. The van der Waals surface area contributed by atoms with Crippen LogP contribution in [-0.4, -0.2) is 5.97 Å². The summed E-state index contributed by atoms with van der Waals surface area (Å²) in [5.41, 5.74) is 0.773. The third-order valence-electron chi connectivity index (χ3n) is 2.33. The second-order valence-electron chi connectivity index (χ2n) is 3.52. The van der Waals surface area contributed by atoms with Crippen LogP contribution < -0.4 is 0 Å². The van der Waals surface area contributed by atoms with Crippen molar-refractivity contribution in [1.29, 1.82) is 0 Å². The average molecular weight is 206 g/mol. The van der Waals surface area contributed by atoms with Gasteiger partial charge in [0.1, 0.15) is 5.76 Å². The van der Waals surface area contributed by atoms with Crippen molar-refractivity contribution in [2.75, 3.05) is 0 Å². The van der Waals surface area contributed by atoms with E-state index in [1.54, 1.807) is 0 Å². The number of hydrogen-bond donors (Lipinski definition) is 0. The van der Waals surface area contributed by atoms with Crippen molar-refractivity contribution in [3.8, 4) is 0 Å². The van der Waals surface area contributed by atoms with Gasteiger partial charge in [0.2, 0.25) is 0 Å². The lowest BCUT2D eigenvalue weighted by molar-refractivity contribution is -0.133. The van der Waals surface area contributed by atoms with E-state index in [-0.39, 0.29) is 5.97 Å². The van der Waals surface area contributed by atoms with Gasteiger partial charge in [-0.05, 0) is 44.8 Å². The van der Waals surface area contributed by atoms with Crippen LogP contribution in [0.5, 0.6) is 0 Å². The number of allylic oxidation sites excluding steroid dienone is 4. The summed E-state index contributed by atoms with van der Waals surface area (Å²) >= 11 is 0. The molecule has 0 aromatic carbocycles. The summed E-state index contributed by atoms with van der Waals surface area (Å²) < 4.78 is 5.08. The number of ether oxygens (including phenoxy) is 1. The second-order valence-corrected chi connectivity index (χ2v) is 3.52. The van der Waals surface area contributed by atoms with E-state index in [0.29, 0.717) is 0 Å². The Morgan fingerprint density at radius 2 is 2.20 bits per heavy atom. The molecule has 0 amide bonds. The largest absolute Gasteiger partial charge is 0.424 e. The van der Waals surface area contributed by atoms with Crippen LogP contribution >= 0.6 is 0 Å². The molecule has 0 bridgehead atoms. The predicted molar refractivity (Wildman–Crippen MR) is 61.2 cm³/mol. The van der Waals surface area contributed by atoms with Gasteiger partial charge in [0, 0.05) is 5.57 Å². The van der Waals surface area contributed by atoms with E-state index in [0.717, 1.165) is 37.0 Å². The molecule has 15 heavy (non-hydrogen) atoms. The van der Waals surface area contributed by atoms with Gasteiger partial charge in [0.15, 0.2) is 0 Å². The molecule has 0 fully saturated rings. The van der Waals surface area contributed by atoms with Crippen molar-refractivity contribution >= 4 is 5.97 Å². The highest BCUT2D eigenvalue weighted by atomic mass is 16.5. The second kappa shape index (κ2) is 6.23. The summed E-state index contributed by atoms with van der Waals surface area (Å²) in [4.78, 5) is 11.2. The molecular formula is C13H18O2. The monoisotopic (exact) mass is 206 g/mol. The quantitative estimate of drug-likeness (QED) is 0.391. The molecule has 2 heteroatoms. The minimum atomic E-state index is -0.183. The van der Waals surface area contributed by atoms with Crippen LogP contribution in [0.2, 0.25) is 0 Å². The van der Waals surface area contributed by atoms with E-state index < -0.39 is 0 Å². The van der Waals surface area contributed by atoms with E-state index in [1.165, 1.54) is 0 Å². The molecule has 0 atom stereocenters. The zero-order chi connectivity index (χ0) is 11.1. The van der Waals surface area contributed by atoms with Gasteiger partial charge in [0.05, 0.1) is 0 Å². The Morgan fingerprint density at radius 1 is 1.40 bits per heavy atom. The minimum absolute atomic E-state index is 0.183. The third-order valence-corrected chi connectivity index (χ3v) is 2.33. The number of unbranched alkanes of at least 4 members (excludes halogenated alkanes) is 2. The molecule has 82 valence electrons. The van der Waals surface area contributed by atoms with Gasteiger partial charge < -0.3 is 4.74 Å². The molecule has 1 heterocycles. The Morgan fingerprint density at radius 3 is 2.80 bits per heavy atom. The lowest BCUT2D eigenvalue weighted by Gasteiger charge is -1.95. The first-order chi connectivity index (χ1) is 7.27. The highest BCUT2D eigenvalue weighted by Crippen LogP contribution is 2.20. The molecule has 1 aliphatic rings. The van der Waals surface area contributed by atoms with Crippen LogP contribution in [0.25, 0.3) is 0 Å². The Labute approximate surface area is 91.3 Å². The van der Waals surface area contributed by atoms with Crippen molar-refractivity contribution in [1.82, 2.24) is 0 Å². The van der Waals surface area contributed by atoms with Gasteiger partial charge in [-0.1, -0.05) is 19.1 Å². The molecule has 0 aromatic heterocycles. The maximum Gasteiger partial charge on any atom is 0.339 e. The number of hydrogen-bond acceptors (Lipinski definition) is 2. The first-order valence-electron chi connectivity index (χ1n) is 5.52. The van der Waals surface area contributed by atoms with E-state index in [1.807, 2.05) is 26.0 Å². The Kier molecular flexibility index (Phi) is 4.88. The van der Waals surface area contributed by atoms with Crippen LogP contribution in [0.1, 0.15) is 39.5 Å². The van der Waals surface area contributed by atoms with Crippen LogP contribution in [0, 0.1) is 0 Å². The smallest absolute Gasteiger partial charge is 0.339 e. The number of carbonyl (C=O) groups excluding carboxylic acids is 1. The average Bonchev–Trinajstić information content (AvgIpc) is 2.59. The summed E-state index contributed by atoms with van der Waals surface area (Å²) in [5, 5.41) is 0. The maximum absolute atomic E-state index is 11.2. The topological polar surface area (TPSA) is 26.3 Å². The number of esters is 1. The number of cyclic esters (lactones) is 1. The molecule has 0 N–H and O–H groups in total. The Balaban J connectivity index is 2.36. The van der Waals surface area contributed by atoms with Gasteiger partial charge >= 0.3 is 5.97 Å². The van der Waals surface area contributed by atoms with E-state index >= 15 is 0 Å². The first-order valence-corrected chi connectivity index (χ1v) is 5.52. The Hall–Kier alpha value is -1.31. The molecule has 1 rings (SSSR count). The minimum Gasteiger partial charge on any atom is -0.424 e. The van der Waals surface area contributed by atoms with Gasteiger partial charge in [0.25, 0.3) is 0 Å². The fraction of sp³-hybridized carbons (Fsp3) is 0.462. The maximum atomic E-state index is 11.2. The SMILES string of the molecule is CC=CCCCC=C1C=C(CC)C(=O)O1. The lowest BCUT2D eigenvalue weighted by atomic mass is 10.2. The van der Waals surface area contributed by atoms with Gasteiger partial charge in [-0.15, -0.1) is 0 Å². The molecule has 1 aliphatic heterocycles. The van der Waals surface area contributed by atoms with E-state index in [2.05, 4.69) is 12.2 Å². The van der Waals surface area contributed by atoms with Gasteiger partial charge in [-0.25, -0.2) is 4.79 Å². The first kappa shape index (κ1) is 11.8. The molecule has 0 saturated carbocycles. The highest BCUT2D eigenvalue weighted by Gasteiger charge is 2.18. The predicted octanol–water partition coefficient (Wildman–Crippen LogP) is 3.51. The van der Waals surface area contributed by atoms with Crippen LogP contribution in [0.15, 0.2) is 35.6 Å². The summed E-state index contributed by atoms with van der Waals surface area (Å²) in [7, 11) is 0. The van der Waals surface area contributed by atoms with E-state index in [4.69, 9.17) is 4.74 Å². The normalized spacial score (nSPS) is 18.7. The molecule has 0 saturated heterocycles. The summed E-state index contributed by atoms with van der Waals surface area (Å²) in [6.45, 7) is 3.98. The Bertz CT molecular complexity index is 308. The summed E-state index contributed by atoms with van der Waals surface area (Å²) in [6, 6.07) is 0. The molecule has 0 unspecified atom stereocenters. The van der Waals surface area contributed by atoms with Crippen LogP contribution in [0.3, 0.4) is 0 Å². The van der Waals surface area contributed by atoms with Crippen molar-refractivity contribution in [3.63, 3.8) is 0 Å². The molecular weight excluding hydrogens is 188 g/mol. The zero-order valence-corrected chi connectivity index (χ0v) is 9.45. The molecule has 0 aromatic rings. The third kappa shape index (κ3) is 3.74. The fourth-order valence-electron chi connectivity index (χ4n) is 1.43. The summed E-state index contributed by atoms with van der Waals surface area (Å²) in [5.74, 6) is 0.537. The highest BCUT2D eigenvalue weighted by molar-refractivity contribution is 5.92. The zero-order valence-electron chi connectivity index (χ0n) is 9.45. The lowest BCUT2D eigenvalue weighted by Crippen LogP contribution is -1.97. The van der Waals surface area contributed by atoms with Crippen molar-refractivity contribution in [3.05, 3.63) is 35.6 Å². The van der Waals surface area contributed by atoms with Crippen molar-refractivity contribution in [2.45, 2.75) is 39.5 Å².